The Morgan fingerprint density at radius 3 is 2.11 bits per heavy atom. The van der Waals surface area contributed by atoms with Gasteiger partial charge in [-0.05, 0) is 13.8 Å². The third-order valence-corrected chi connectivity index (χ3v) is 4.40. The molecule has 0 fully saturated rings. The fourth-order valence-corrected chi connectivity index (χ4v) is 2.17. The SMILES string of the molecule is COc1cc(Cl)c(NS(=O)(=O)C(C)C)cc1OC. The summed E-state index contributed by atoms with van der Waals surface area (Å²) in [7, 11) is -0.506. The molecule has 102 valence electrons. The molecule has 5 nitrogen and oxygen atoms in total. The molecule has 0 aliphatic heterocycles. The number of halogens is 1. The van der Waals surface area contributed by atoms with Crippen LogP contribution in [0.3, 0.4) is 0 Å². The first-order valence-corrected chi connectivity index (χ1v) is 7.17. The summed E-state index contributed by atoms with van der Waals surface area (Å²) < 4.78 is 36.1. The van der Waals surface area contributed by atoms with Crippen molar-refractivity contribution >= 4 is 27.3 Å². The highest BCUT2D eigenvalue weighted by atomic mass is 35.5. The summed E-state index contributed by atoms with van der Waals surface area (Å²) in [5.41, 5.74) is 0.267. The van der Waals surface area contributed by atoms with Gasteiger partial charge in [-0.2, -0.15) is 0 Å². The Bertz CT molecular complexity index is 528. The maximum Gasteiger partial charge on any atom is 0.235 e. The van der Waals surface area contributed by atoms with Gasteiger partial charge in [-0.15, -0.1) is 0 Å². The van der Waals surface area contributed by atoms with Gasteiger partial charge >= 0.3 is 0 Å². The van der Waals surface area contributed by atoms with E-state index in [9.17, 15) is 8.42 Å². The topological polar surface area (TPSA) is 64.6 Å². The summed E-state index contributed by atoms with van der Waals surface area (Å²) in [6.45, 7) is 3.16. The van der Waals surface area contributed by atoms with Crippen molar-refractivity contribution < 1.29 is 17.9 Å². The standard InChI is InChI=1S/C11H16ClNO4S/c1-7(2)18(14,15)13-9-6-11(17-4)10(16-3)5-8(9)12/h5-7,13H,1-4H3. The van der Waals surface area contributed by atoms with Crippen molar-refractivity contribution in [2.45, 2.75) is 19.1 Å². The van der Waals surface area contributed by atoms with Gasteiger partial charge in [0.15, 0.2) is 11.5 Å². The van der Waals surface area contributed by atoms with E-state index < -0.39 is 15.3 Å². The molecule has 1 N–H and O–H groups in total. The van der Waals surface area contributed by atoms with Gasteiger partial charge in [0.05, 0.1) is 30.2 Å². The van der Waals surface area contributed by atoms with Crippen LogP contribution in [0.2, 0.25) is 5.02 Å². The highest BCUT2D eigenvalue weighted by Crippen LogP contribution is 2.36. The fraction of sp³-hybridized carbons (Fsp3) is 0.455. The van der Waals surface area contributed by atoms with Crippen LogP contribution in [0.4, 0.5) is 5.69 Å². The van der Waals surface area contributed by atoms with Crippen LogP contribution in [0.15, 0.2) is 12.1 Å². The molecule has 1 aromatic rings. The second-order valence-electron chi connectivity index (χ2n) is 3.88. The molecule has 0 unspecified atom stereocenters. The Kier molecular flexibility index (Phi) is 4.70. The molecule has 1 rings (SSSR count). The quantitative estimate of drug-likeness (QED) is 0.906. The zero-order valence-corrected chi connectivity index (χ0v) is 12.2. The third kappa shape index (κ3) is 3.20. The predicted molar refractivity (Wildman–Crippen MR) is 72.2 cm³/mol. The number of anilines is 1. The summed E-state index contributed by atoms with van der Waals surface area (Å²) >= 11 is 5.99. The molecule has 0 saturated heterocycles. The summed E-state index contributed by atoms with van der Waals surface area (Å²) in [4.78, 5) is 0. The normalized spacial score (nSPS) is 11.4. The number of ether oxygens (including phenoxy) is 2. The van der Waals surface area contributed by atoms with Crippen molar-refractivity contribution in [1.82, 2.24) is 0 Å². The summed E-state index contributed by atoms with van der Waals surface area (Å²) in [6.07, 6.45) is 0. The van der Waals surface area contributed by atoms with Crippen LogP contribution in [0.5, 0.6) is 11.5 Å². The molecule has 18 heavy (non-hydrogen) atoms. The van der Waals surface area contributed by atoms with Crippen LogP contribution < -0.4 is 14.2 Å². The molecule has 0 amide bonds. The molecule has 0 bridgehead atoms. The number of sulfonamides is 1. The number of nitrogens with one attached hydrogen (secondary N) is 1. The molecule has 0 spiro atoms. The molecule has 0 aliphatic rings. The molecule has 0 atom stereocenters. The van der Waals surface area contributed by atoms with Gasteiger partial charge in [0.1, 0.15) is 0 Å². The van der Waals surface area contributed by atoms with E-state index in [0.717, 1.165) is 0 Å². The van der Waals surface area contributed by atoms with Gasteiger partial charge in [0.25, 0.3) is 0 Å². The van der Waals surface area contributed by atoms with Crippen LogP contribution in [0.25, 0.3) is 0 Å². The van der Waals surface area contributed by atoms with E-state index in [1.54, 1.807) is 13.8 Å². The number of hydrogen-bond donors (Lipinski definition) is 1. The van der Waals surface area contributed by atoms with Crippen molar-refractivity contribution in [3.63, 3.8) is 0 Å². The van der Waals surface area contributed by atoms with E-state index >= 15 is 0 Å². The highest BCUT2D eigenvalue weighted by molar-refractivity contribution is 7.93. The molecule has 0 radical (unpaired) electrons. The van der Waals surface area contributed by atoms with E-state index in [1.165, 1.54) is 26.4 Å². The number of methoxy groups -OCH3 is 2. The van der Waals surface area contributed by atoms with Gasteiger partial charge in [-0.1, -0.05) is 11.6 Å². The molecular weight excluding hydrogens is 278 g/mol. The lowest BCUT2D eigenvalue weighted by molar-refractivity contribution is 0.355. The molecule has 1 aromatic carbocycles. The molecule has 7 heteroatoms. The van der Waals surface area contributed by atoms with E-state index in [-0.39, 0.29) is 10.7 Å². The maximum atomic E-state index is 11.8. The average Bonchev–Trinajstić information content (AvgIpc) is 2.30. The van der Waals surface area contributed by atoms with Gasteiger partial charge in [-0.25, -0.2) is 8.42 Å². The Balaban J connectivity index is 3.19. The molecule has 0 aromatic heterocycles. The minimum Gasteiger partial charge on any atom is -0.493 e. The second-order valence-corrected chi connectivity index (χ2v) is 6.53. The maximum absolute atomic E-state index is 11.8. The van der Waals surface area contributed by atoms with Gasteiger partial charge in [0.2, 0.25) is 10.0 Å². The van der Waals surface area contributed by atoms with Gasteiger partial charge < -0.3 is 9.47 Å². The van der Waals surface area contributed by atoms with Crippen molar-refractivity contribution in [2.24, 2.45) is 0 Å². The van der Waals surface area contributed by atoms with Crippen LogP contribution in [-0.4, -0.2) is 27.9 Å². The zero-order valence-electron chi connectivity index (χ0n) is 10.7. The number of hydrogen-bond acceptors (Lipinski definition) is 4. The third-order valence-electron chi connectivity index (χ3n) is 2.35. The van der Waals surface area contributed by atoms with Crippen molar-refractivity contribution in [1.29, 1.82) is 0 Å². The Hall–Kier alpha value is -1.14. The number of benzene rings is 1. The lowest BCUT2D eigenvalue weighted by Crippen LogP contribution is -2.22. The molecule has 0 heterocycles. The second kappa shape index (κ2) is 5.67. The summed E-state index contributed by atoms with van der Waals surface area (Å²) in [5.74, 6) is 0.846. The minimum absolute atomic E-state index is 0.247. The number of rotatable bonds is 5. The lowest BCUT2D eigenvalue weighted by atomic mass is 10.3. The van der Waals surface area contributed by atoms with Crippen LogP contribution >= 0.6 is 11.6 Å². The molecule has 0 aliphatic carbocycles. The molecule has 0 saturated carbocycles. The van der Waals surface area contributed by atoms with E-state index in [0.29, 0.717) is 11.5 Å². The minimum atomic E-state index is -3.45. The van der Waals surface area contributed by atoms with Crippen LogP contribution in [-0.2, 0) is 10.0 Å². The summed E-state index contributed by atoms with van der Waals surface area (Å²) in [5, 5.41) is -0.307. The Morgan fingerprint density at radius 1 is 1.17 bits per heavy atom. The van der Waals surface area contributed by atoms with E-state index in [4.69, 9.17) is 21.1 Å². The van der Waals surface area contributed by atoms with Gasteiger partial charge in [0, 0.05) is 12.1 Å². The highest BCUT2D eigenvalue weighted by Gasteiger charge is 2.19. The largest absolute Gasteiger partial charge is 0.493 e. The van der Waals surface area contributed by atoms with E-state index in [2.05, 4.69) is 4.72 Å². The van der Waals surface area contributed by atoms with Crippen LogP contribution in [0, 0.1) is 0 Å². The lowest BCUT2D eigenvalue weighted by Gasteiger charge is -2.15. The first-order valence-electron chi connectivity index (χ1n) is 5.25. The van der Waals surface area contributed by atoms with Gasteiger partial charge in [-0.3, -0.25) is 4.72 Å². The smallest absolute Gasteiger partial charge is 0.235 e. The van der Waals surface area contributed by atoms with Crippen LogP contribution in [0.1, 0.15) is 13.8 Å². The van der Waals surface area contributed by atoms with E-state index in [1.807, 2.05) is 0 Å². The predicted octanol–water partition coefficient (Wildman–Crippen LogP) is 2.51. The van der Waals surface area contributed by atoms with Crippen molar-refractivity contribution in [3.8, 4) is 11.5 Å². The Labute approximate surface area is 112 Å². The summed E-state index contributed by atoms with van der Waals surface area (Å²) in [6, 6.07) is 2.99. The monoisotopic (exact) mass is 293 g/mol. The van der Waals surface area contributed by atoms with Crippen molar-refractivity contribution in [2.75, 3.05) is 18.9 Å². The fourth-order valence-electron chi connectivity index (χ4n) is 1.20. The first-order chi connectivity index (χ1) is 8.31. The zero-order chi connectivity index (χ0) is 13.9. The molecular formula is C11H16ClNO4S. The van der Waals surface area contributed by atoms with Crippen molar-refractivity contribution in [3.05, 3.63) is 17.2 Å². The first kappa shape index (κ1) is 14.9. The average molecular weight is 294 g/mol. The Morgan fingerprint density at radius 2 is 1.67 bits per heavy atom.